The van der Waals surface area contributed by atoms with Gasteiger partial charge in [-0.05, 0) is 17.3 Å². The van der Waals surface area contributed by atoms with E-state index in [4.69, 9.17) is 0 Å². The summed E-state index contributed by atoms with van der Waals surface area (Å²) in [5.74, 6) is 0. The number of hydrogen-bond acceptors (Lipinski definition) is 4. The van der Waals surface area contributed by atoms with Crippen molar-refractivity contribution in [2.24, 2.45) is 5.18 Å². The van der Waals surface area contributed by atoms with Crippen molar-refractivity contribution in [3.8, 4) is 0 Å². The predicted octanol–water partition coefficient (Wildman–Crippen LogP) is 3.63. The van der Waals surface area contributed by atoms with Crippen LogP contribution in [0, 0.1) is 15.0 Å². The molecule has 3 rings (SSSR count). The van der Waals surface area contributed by atoms with Crippen molar-refractivity contribution >= 4 is 33.2 Å². The average Bonchev–Trinajstić information content (AvgIpc) is 2.75. The Hall–Kier alpha value is -2.76. The van der Waals surface area contributed by atoms with Gasteiger partial charge in [-0.3, -0.25) is 10.1 Å². The number of rotatable bonds is 2. The Bertz CT molecular complexity index is 792. The number of nitrogens with one attached hydrogen (secondary N) is 1. The van der Waals surface area contributed by atoms with Crippen LogP contribution in [0.15, 0.2) is 41.6 Å². The van der Waals surface area contributed by atoms with E-state index in [1.165, 1.54) is 6.07 Å². The molecule has 1 aromatic heterocycles. The smallest absolute Gasteiger partial charge is 0.300 e. The quantitative estimate of drug-likeness (QED) is 0.422. The van der Waals surface area contributed by atoms with Crippen LogP contribution in [0.1, 0.15) is 0 Å². The minimum atomic E-state index is -0.609. The number of nitro groups is 1. The molecule has 0 aliphatic heterocycles. The van der Waals surface area contributed by atoms with Crippen LogP contribution in [-0.4, -0.2) is 9.91 Å². The lowest BCUT2D eigenvalue weighted by molar-refractivity contribution is -0.384. The number of aromatic nitrogens is 1. The Balaban J connectivity index is 2.51. The molecule has 0 unspecified atom stereocenters. The second-order valence-corrected chi connectivity index (χ2v) is 3.87. The Labute approximate surface area is 100 Å². The van der Waals surface area contributed by atoms with Crippen LogP contribution in [0.4, 0.5) is 11.4 Å². The van der Waals surface area contributed by atoms with Crippen LogP contribution in [0.2, 0.25) is 0 Å². The standard InChI is InChI=1S/C12H7N3O3/c16-14-12-10(15(17)18)6-5-8-7-3-1-2-4-9(7)13-11(8)12/h1-6,13H. The van der Waals surface area contributed by atoms with Gasteiger partial charge in [-0.25, -0.2) is 0 Å². The van der Waals surface area contributed by atoms with E-state index in [1.807, 2.05) is 24.3 Å². The Morgan fingerprint density at radius 1 is 1.11 bits per heavy atom. The molecular weight excluding hydrogens is 234 g/mol. The van der Waals surface area contributed by atoms with Gasteiger partial charge in [-0.1, -0.05) is 18.2 Å². The minimum absolute atomic E-state index is 0.159. The zero-order chi connectivity index (χ0) is 12.7. The summed E-state index contributed by atoms with van der Waals surface area (Å²) in [4.78, 5) is 24.1. The molecule has 0 saturated heterocycles. The topological polar surface area (TPSA) is 88.4 Å². The molecule has 6 heteroatoms. The van der Waals surface area contributed by atoms with Crippen molar-refractivity contribution in [1.82, 2.24) is 4.98 Å². The Morgan fingerprint density at radius 2 is 1.89 bits per heavy atom. The van der Waals surface area contributed by atoms with Crippen molar-refractivity contribution < 1.29 is 4.92 Å². The molecule has 0 aliphatic rings. The van der Waals surface area contributed by atoms with Crippen molar-refractivity contribution in [3.05, 3.63) is 51.4 Å². The molecule has 6 nitrogen and oxygen atoms in total. The van der Waals surface area contributed by atoms with E-state index in [1.54, 1.807) is 6.07 Å². The fraction of sp³-hybridized carbons (Fsp3) is 0. The number of H-pyrrole nitrogens is 1. The molecule has 18 heavy (non-hydrogen) atoms. The van der Waals surface area contributed by atoms with Gasteiger partial charge in [0.25, 0.3) is 0 Å². The van der Waals surface area contributed by atoms with Crippen LogP contribution in [0.25, 0.3) is 21.8 Å². The Morgan fingerprint density at radius 3 is 2.61 bits per heavy atom. The summed E-state index contributed by atoms with van der Waals surface area (Å²) < 4.78 is 0. The maximum absolute atomic E-state index is 10.8. The monoisotopic (exact) mass is 241 g/mol. The highest BCUT2D eigenvalue weighted by molar-refractivity contribution is 6.12. The first kappa shape index (κ1) is 10.4. The van der Waals surface area contributed by atoms with Gasteiger partial charge in [0.2, 0.25) is 5.69 Å². The lowest BCUT2D eigenvalue weighted by Crippen LogP contribution is -1.88. The number of nitroso groups, excluding NO2 is 1. The van der Waals surface area contributed by atoms with Gasteiger partial charge in [0, 0.05) is 22.4 Å². The maximum Gasteiger partial charge on any atom is 0.300 e. The number of nitrogens with zero attached hydrogens (tertiary/aromatic N) is 2. The highest BCUT2D eigenvalue weighted by Crippen LogP contribution is 2.38. The van der Waals surface area contributed by atoms with Gasteiger partial charge in [0.05, 0.1) is 10.4 Å². The lowest BCUT2D eigenvalue weighted by atomic mass is 10.1. The number of nitro benzene ring substituents is 1. The normalized spacial score (nSPS) is 10.9. The fourth-order valence-electron chi connectivity index (χ4n) is 2.13. The molecule has 0 fully saturated rings. The van der Waals surface area contributed by atoms with Crippen molar-refractivity contribution in [1.29, 1.82) is 0 Å². The molecule has 2 aromatic carbocycles. The first-order chi connectivity index (χ1) is 8.72. The molecule has 1 heterocycles. The van der Waals surface area contributed by atoms with Gasteiger partial charge in [0.15, 0.2) is 0 Å². The first-order valence-corrected chi connectivity index (χ1v) is 5.23. The van der Waals surface area contributed by atoms with E-state index in [0.717, 1.165) is 16.3 Å². The van der Waals surface area contributed by atoms with E-state index >= 15 is 0 Å². The summed E-state index contributed by atoms with van der Waals surface area (Å²) >= 11 is 0. The summed E-state index contributed by atoms with van der Waals surface area (Å²) in [5, 5.41) is 15.3. The van der Waals surface area contributed by atoms with Gasteiger partial charge < -0.3 is 4.98 Å². The lowest BCUT2D eigenvalue weighted by Gasteiger charge is -1.96. The van der Waals surface area contributed by atoms with Gasteiger partial charge in [0.1, 0.15) is 0 Å². The molecule has 0 bridgehead atoms. The SMILES string of the molecule is O=Nc1c([N+](=O)[O-])ccc2c1[nH]c1ccccc12. The number of fused-ring (bicyclic) bond motifs is 3. The summed E-state index contributed by atoms with van der Waals surface area (Å²) in [6.07, 6.45) is 0. The molecule has 0 radical (unpaired) electrons. The van der Waals surface area contributed by atoms with E-state index in [0.29, 0.717) is 5.52 Å². The molecule has 0 spiro atoms. The van der Waals surface area contributed by atoms with Gasteiger partial charge in [-0.15, -0.1) is 4.91 Å². The summed E-state index contributed by atoms with van der Waals surface area (Å²) in [6, 6.07) is 10.4. The molecule has 3 aromatic rings. The predicted molar refractivity (Wildman–Crippen MR) is 67.9 cm³/mol. The van der Waals surface area contributed by atoms with Crippen molar-refractivity contribution in [2.75, 3.05) is 0 Å². The largest absolute Gasteiger partial charge is 0.352 e. The van der Waals surface area contributed by atoms with Crippen LogP contribution in [0.5, 0.6) is 0 Å². The first-order valence-electron chi connectivity index (χ1n) is 5.23. The number of hydrogen-bond donors (Lipinski definition) is 1. The van der Waals surface area contributed by atoms with Gasteiger partial charge >= 0.3 is 5.69 Å². The third-order valence-electron chi connectivity index (χ3n) is 2.92. The zero-order valence-electron chi connectivity index (χ0n) is 9.08. The third kappa shape index (κ3) is 1.29. The van der Waals surface area contributed by atoms with E-state index in [9.17, 15) is 15.0 Å². The number of para-hydroxylation sites is 1. The van der Waals surface area contributed by atoms with Crippen LogP contribution in [0.3, 0.4) is 0 Å². The zero-order valence-corrected chi connectivity index (χ0v) is 9.08. The minimum Gasteiger partial charge on any atom is -0.352 e. The molecule has 0 atom stereocenters. The molecule has 0 aliphatic carbocycles. The second kappa shape index (κ2) is 3.63. The molecule has 0 saturated carbocycles. The average molecular weight is 241 g/mol. The van der Waals surface area contributed by atoms with E-state index in [2.05, 4.69) is 10.2 Å². The highest BCUT2D eigenvalue weighted by Gasteiger charge is 2.20. The number of benzene rings is 2. The van der Waals surface area contributed by atoms with Crippen LogP contribution >= 0.6 is 0 Å². The summed E-state index contributed by atoms with van der Waals surface area (Å²) in [7, 11) is 0. The number of aromatic amines is 1. The van der Waals surface area contributed by atoms with Crippen LogP contribution in [-0.2, 0) is 0 Å². The summed E-state index contributed by atoms with van der Waals surface area (Å²) in [6.45, 7) is 0. The van der Waals surface area contributed by atoms with Crippen molar-refractivity contribution in [3.63, 3.8) is 0 Å². The molecule has 0 amide bonds. The Kier molecular flexibility index (Phi) is 2.09. The van der Waals surface area contributed by atoms with E-state index < -0.39 is 4.92 Å². The van der Waals surface area contributed by atoms with Crippen molar-refractivity contribution in [2.45, 2.75) is 0 Å². The second-order valence-electron chi connectivity index (χ2n) is 3.87. The molecule has 88 valence electrons. The summed E-state index contributed by atoms with van der Waals surface area (Å²) in [5.41, 5.74) is 0.774. The maximum atomic E-state index is 10.8. The van der Waals surface area contributed by atoms with Gasteiger partial charge in [-0.2, -0.15) is 0 Å². The fourth-order valence-corrected chi connectivity index (χ4v) is 2.13. The van der Waals surface area contributed by atoms with E-state index in [-0.39, 0.29) is 11.4 Å². The molecule has 1 N–H and O–H groups in total. The third-order valence-corrected chi connectivity index (χ3v) is 2.92. The highest BCUT2D eigenvalue weighted by atomic mass is 16.6. The van der Waals surface area contributed by atoms with Crippen LogP contribution < -0.4 is 0 Å². The molecular formula is C12H7N3O3.